The second-order valence-electron chi connectivity index (χ2n) is 6.55. The quantitative estimate of drug-likeness (QED) is 0.689. The van der Waals surface area contributed by atoms with E-state index in [0.717, 1.165) is 17.7 Å². The van der Waals surface area contributed by atoms with Gasteiger partial charge in [0.2, 0.25) is 0 Å². The van der Waals surface area contributed by atoms with Gasteiger partial charge in [0.1, 0.15) is 0 Å². The average molecular weight is 390 g/mol. The van der Waals surface area contributed by atoms with Crippen LogP contribution in [0.3, 0.4) is 0 Å². The first-order valence-electron chi connectivity index (χ1n) is 9.05. The van der Waals surface area contributed by atoms with Crippen LogP contribution in [0.2, 0.25) is 0 Å². The van der Waals surface area contributed by atoms with E-state index in [1.54, 1.807) is 41.3 Å². The van der Waals surface area contributed by atoms with Crippen molar-refractivity contribution in [2.24, 2.45) is 0 Å². The third kappa shape index (κ3) is 3.62. The molecule has 1 N–H and O–H groups in total. The first-order chi connectivity index (χ1) is 14.1. The van der Waals surface area contributed by atoms with Gasteiger partial charge < -0.3 is 19.4 Å². The van der Waals surface area contributed by atoms with Crippen LogP contribution < -0.4 is 10.2 Å². The Balaban J connectivity index is 1.52. The van der Waals surface area contributed by atoms with E-state index in [-0.39, 0.29) is 17.6 Å². The van der Waals surface area contributed by atoms with Gasteiger partial charge in [0.25, 0.3) is 11.8 Å². The van der Waals surface area contributed by atoms with E-state index in [4.69, 9.17) is 4.42 Å². The first kappa shape index (κ1) is 18.5. The van der Waals surface area contributed by atoms with Gasteiger partial charge in [-0.1, -0.05) is 6.07 Å². The number of anilines is 2. The topological polar surface area (TPSA) is 88.9 Å². The number of fused-ring (bicyclic) bond motifs is 1. The average Bonchev–Trinajstić information content (AvgIpc) is 3.43. The van der Waals surface area contributed by atoms with Crippen molar-refractivity contribution in [3.05, 3.63) is 83.3 Å². The van der Waals surface area contributed by atoms with E-state index in [2.05, 4.69) is 10.1 Å². The molecule has 1 aliphatic rings. The highest BCUT2D eigenvalue weighted by atomic mass is 16.5. The van der Waals surface area contributed by atoms with Crippen LogP contribution in [0.5, 0.6) is 0 Å². The van der Waals surface area contributed by atoms with E-state index in [0.29, 0.717) is 23.4 Å². The fraction of sp³-hybridized carbons (Fsp3) is 0.136. The van der Waals surface area contributed by atoms with E-state index in [1.165, 1.54) is 25.5 Å². The van der Waals surface area contributed by atoms with Gasteiger partial charge in [-0.25, -0.2) is 4.79 Å². The highest BCUT2D eigenvalue weighted by Crippen LogP contribution is 2.32. The van der Waals surface area contributed by atoms with Crippen molar-refractivity contribution in [2.45, 2.75) is 6.42 Å². The zero-order valence-corrected chi connectivity index (χ0v) is 15.7. The summed E-state index contributed by atoms with van der Waals surface area (Å²) in [4.78, 5) is 38.3. The Bertz CT molecular complexity index is 1070. The standard InChI is InChI=1S/C22H18N2O5/c1-28-22(27)16-6-4-15(5-7-16)20(25)23-17-9-8-14-10-11-24(18(14)13-17)21(26)19-3-2-12-29-19/h2-9,12-13H,10-11H2,1H3,(H,23,25). The minimum absolute atomic E-state index is 0.212. The molecule has 0 fully saturated rings. The molecular weight excluding hydrogens is 372 g/mol. The number of hydrogen-bond donors (Lipinski definition) is 1. The fourth-order valence-corrected chi connectivity index (χ4v) is 3.28. The molecular formula is C22H18N2O5. The van der Waals surface area contributed by atoms with Crippen molar-refractivity contribution in [2.75, 3.05) is 23.9 Å². The monoisotopic (exact) mass is 390 g/mol. The van der Waals surface area contributed by atoms with Gasteiger partial charge in [-0.05, 0) is 60.5 Å². The van der Waals surface area contributed by atoms with Crippen LogP contribution in [-0.2, 0) is 11.2 Å². The summed E-state index contributed by atoms with van der Waals surface area (Å²) in [5, 5.41) is 2.83. The summed E-state index contributed by atoms with van der Waals surface area (Å²) in [5.41, 5.74) is 3.14. The van der Waals surface area contributed by atoms with Gasteiger partial charge in [0.15, 0.2) is 5.76 Å². The lowest BCUT2D eigenvalue weighted by Crippen LogP contribution is -2.28. The normalized spacial score (nSPS) is 12.4. The summed E-state index contributed by atoms with van der Waals surface area (Å²) in [6.07, 6.45) is 2.21. The van der Waals surface area contributed by atoms with Gasteiger partial charge in [-0.15, -0.1) is 0 Å². The first-order valence-corrected chi connectivity index (χ1v) is 9.05. The van der Waals surface area contributed by atoms with E-state index < -0.39 is 5.97 Å². The maximum Gasteiger partial charge on any atom is 0.337 e. The number of furan rings is 1. The number of carbonyl (C=O) groups excluding carboxylic acids is 3. The molecule has 0 saturated heterocycles. The van der Waals surface area contributed by atoms with E-state index in [9.17, 15) is 14.4 Å². The second-order valence-corrected chi connectivity index (χ2v) is 6.55. The Kier molecular flexibility index (Phi) is 4.87. The minimum atomic E-state index is -0.461. The number of hydrogen-bond acceptors (Lipinski definition) is 5. The highest BCUT2D eigenvalue weighted by Gasteiger charge is 2.27. The molecule has 7 nitrogen and oxygen atoms in total. The van der Waals surface area contributed by atoms with Gasteiger partial charge in [0.05, 0.1) is 18.9 Å². The number of rotatable bonds is 4. The molecule has 7 heteroatoms. The van der Waals surface area contributed by atoms with Crippen LogP contribution in [0.15, 0.2) is 65.3 Å². The molecule has 29 heavy (non-hydrogen) atoms. The zero-order chi connectivity index (χ0) is 20.4. The SMILES string of the molecule is COC(=O)c1ccc(C(=O)Nc2ccc3c(c2)N(C(=O)c2ccco2)CC3)cc1. The lowest BCUT2D eigenvalue weighted by Gasteiger charge is -2.17. The molecule has 0 atom stereocenters. The van der Waals surface area contributed by atoms with Crippen LogP contribution in [0, 0.1) is 0 Å². The van der Waals surface area contributed by atoms with Crippen LogP contribution in [0.4, 0.5) is 11.4 Å². The molecule has 0 bridgehead atoms. The van der Waals surface area contributed by atoms with Gasteiger partial charge in [-0.2, -0.15) is 0 Å². The van der Waals surface area contributed by atoms with Gasteiger partial charge in [0, 0.05) is 23.5 Å². The Morgan fingerprint density at radius 2 is 1.79 bits per heavy atom. The number of esters is 1. The summed E-state index contributed by atoms with van der Waals surface area (Å²) in [6, 6.07) is 15.0. The van der Waals surface area contributed by atoms with Crippen LogP contribution in [0.25, 0.3) is 0 Å². The van der Waals surface area contributed by atoms with Gasteiger partial charge >= 0.3 is 5.97 Å². The largest absolute Gasteiger partial charge is 0.465 e. The molecule has 3 aromatic rings. The molecule has 2 heterocycles. The predicted molar refractivity (Wildman–Crippen MR) is 106 cm³/mol. The van der Waals surface area contributed by atoms with Crippen molar-refractivity contribution in [3.63, 3.8) is 0 Å². The maximum absolute atomic E-state index is 12.6. The van der Waals surface area contributed by atoms with Crippen molar-refractivity contribution < 1.29 is 23.5 Å². The molecule has 1 aliphatic heterocycles. The number of methoxy groups -OCH3 is 1. The Morgan fingerprint density at radius 3 is 2.48 bits per heavy atom. The third-order valence-electron chi connectivity index (χ3n) is 4.78. The lowest BCUT2D eigenvalue weighted by molar-refractivity contribution is 0.0600. The number of amides is 2. The highest BCUT2D eigenvalue weighted by molar-refractivity contribution is 6.07. The Labute approximate surface area is 166 Å². The van der Waals surface area contributed by atoms with Crippen molar-refractivity contribution in [3.8, 4) is 0 Å². The summed E-state index contributed by atoms with van der Waals surface area (Å²) in [5.74, 6) is -0.714. The smallest absolute Gasteiger partial charge is 0.337 e. The van der Waals surface area contributed by atoms with Gasteiger partial charge in [-0.3, -0.25) is 9.59 Å². The van der Waals surface area contributed by atoms with Crippen molar-refractivity contribution in [1.29, 1.82) is 0 Å². The molecule has 1 aromatic heterocycles. The molecule has 146 valence electrons. The summed E-state index contributed by atoms with van der Waals surface area (Å²) >= 11 is 0. The van der Waals surface area contributed by atoms with Crippen molar-refractivity contribution >= 4 is 29.2 Å². The number of nitrogens with zero attached hydrogens (tertiary/aromatic N) is 1. The number of benzene rings is 2. The molecule has 0 unspecified atom stereocenters. The van der Waals surface area contributed by atoms with Crippen molar-refractivity contribution in [1.82, 2.24) is 0 Å². The number of ether oxygens (including phenoxy) is 1. The summed E-state index contributed by atoms with van der Waals surface area (Å²) in [6.45, 7) is 0.557. The summed E-state index contributed by atoms with van der Waals surface area (Å²) < 4.78 is 9.87. The minimum Gasteiger partial charge on any atom is -0.465 e. The van der Waals surface area contributed by atoms with E-state index >= 15 is 0 Å². The van der Waals surface area contributed by atoms with Crippen LogP contribution in [0.1, 0.15) is 36.8 Å². The molecule has 0 radical (unpaired) electrons. The molecule has 0 aliphatic carbocycles. The summed E-state index contributed by atoms with van der Waals surface area (Å²) in [7, 11) is 1.30. The molecule has 2 amide bonds. The second kappa shape index (κ2) is 7.63. The number of nitrogens with one attached hydrogen (secondary N) is 1. The van der Waals surface area contributed by atoms with E-state index in [1.807, 2.05) is 6.07 Å². The maximum atomic E-state index is 12.6. The molecule has 4 rings (SSSR count). The molecule has 0 saturated carbocycles. The zero-order valence-electron chi connectivity index (χ0n) is 15.7. The van der Waals surface area contributed by atoms with Crippen LogP contribution in [-0.4, -0.2) is 31.4 Å². The predicted octanol–water partition coefficient (Wildman–Crippen LogP) is 3.52. The molecule has 2 aromatic carbocycles. The third-order valence-corrected chi connectivity index (χ3v) is 4.78. The van der Waals surface area contributed by atoms with Crippen LogP contribution >= 0.6 is 0 Å². The fourth-order valence-electron chi connectivity index (χ4n) is 3.28. The Hall–Kier alpha value is -3.87. The molecule has 0 spiro atoms. The number of carbonyl (C=O) groups is 3. The lowest BCUT2D eigenvalue weighted by atomic mass is 10.1. The Morgan fingerprint density at radius 1 is 1.03 bits per heavy atom.